The van der Waals surface area contributed by atoms with Crippen molar-refractivity contribution in [2.24, 2.45) is 0 Å². The van der Waals surface area contributed by atoms with Gasteiger partial charge in [-0.2, -0.15) is 0 Å². The second kappa shape index (κ2) is 4.13. The van der Waals surface area contributed by atoms with Gasteiger partial charge in [0.15, 0.2) is 0 Å². The van der Waals surface area contributed by atoms with E-state index in [1.54, 1.807) is 24.5 Å². The topological polar surface area (TPSA) is 59.1 Å². The van der Waals surface area contributed by atoms with E-state index in [1.165, 1.54) is 4.88 Å². The Kier molecular flexibility index (Phi) is 2.93. The van der Waals surface area contributed by atoms with E-state index in [0.29, 0.717) is 11.4 Å². The van der Waals surface area contributed by atoms with E-state index in [9.17, 15) is 5.11 Å². The van der Waals surface area contributed by atoms with Gasteiger partial charge in [0.2, 0.25) is 0 Å². The zero-order chi connectivity index (χ0) is 12.6. The Bertz CT molecular complexity index is 526. The van der Waals surface area contributed by atoms with Crippen molar-refractivity contribution in [1.82, 2.24) is 4.98 Å². The van der Waals surface area contributed by atoms with Crippen molar-refractivity contribution in [3.63, 3.8) is 0 Å². The van der Waals surface area contributed by atoms with Crippen molar-refractivity contribution < 1.29 is 5.11 Å². The second-order valence-electron chi connectivity index (χ2n) is 4.37. The number of rotatable bonds is 2. The molecular formula is C13H16N2OS. The van der Waals surface area contributed by atoms with Gasteiger partial charge in [-0.3, -0.25) is 0 Å². The first kappa shape index (κ1) is 12.1. The van der Waals surface area contributed by atoms with Gasteiger partial charge in [0.05, 0.1) is 0 Å². The standard InChI is InChI=1S/C13H16N2OS/c1-8-6-7-15-12(14)11(8)13(3,16)10-5-4-9(2)17-10/h4-7,16H,1-3H3,(H2,14,15). The molecule has 0 saturated heterocycles. The lowest BCUT2D eigenvalue weighted by atomic mass is 9.91. The number of aromatic nitrogens is 1. The number of hydrogen-bond acceptors (Lipinski definition) is 4. The van der Waals surface area contributed by atoms with Crippen molar-refractivity contribution in [2.75, 3.05) is 5.73 Å². The van der Waals surface area contributed by atoms with E-state index in [4.69, 9.17) is 5.73 Å². The minimum absolute atomic E-state index is 0.390. The van der Waals surface area contributed by atoms with Crippen LogP contribution in [0.15, 0.2) is 24.4 Å². The molecule has 2 rings (SSSR count). The van der Waals surface area contributed by atoms with Crippen LogP contribution in [0.3, 0.4) is 0 Å². The summed E-state index contributed by atoms with van der Waals surface area (Å²) in [6.45, 7) is 5.71. The first-order valence-electron chi connectivity index (χ1n) is 5.44. The summed E-state index contributed by atoms with van der Waals surface area (Å²) in [6, 6.07) is 5.79. The third kappa shape index (κ3) is 2.06. The summed E-state index contributed by atoms with van der Waals surface area (Å²) in [6.07, 6.45) is 1.66. The van der Waals surface area contributed by atoms with E-state index in [1.807, 2.05) is 32.0 Å². The number of pyridine rings is 1. The molecule has 1 unspecified atom stereocenters. The number of thiophene rings is 1. The van der Waals surface area contributed by atoms with Crippen LogP contribution in [-0.4, -0.2) is 10.1 Å². The Hall–Kier alpha value is -1.39. The van der Waals surface area contributed by atoms with E-state index in [2.05, 4.69) is 4.98 Å². The molecule has 0 spiro atoms. The average molecular weight is 248 g/mol. The molecule has 3 nitrogen and oxygen atoms in total. The van der Waals surface area contributed by atoms with Crippen molar-refractivity contribution in [3.05, 3.63) is 45.3 Å². The fraction of sp³-hybridized carbons (Fsp3) is 0.308. The first-order valence-corrected chi connectivity index (χ1v) is 6.25. The van der Waals surface area contributed by atoms with Crippen LogP contribution in [0, 0.1) is 13.8 Å². The summed E-state index contributed by atoms with van der Waals surface area (Å²) >= 11 is 1.57. The number of hydrogen-bond donors (Lipinski definition) is 2. The quantitative estimate of drug-likeness (QED) is 0.858. The molecule has 1 atom stereocenters. The van der Waals surface area contributed by atoms with Gasteiger partial charge in [0.1, 0.15) is 11.4 Å². The Morgan fingerprint density at radius 1 is 1.29 bits per heavy atom. The molecule has 0 aliphatic rings. The lowest BCUT2D eigenvalue weighted by molar-refractivity contribution is 0.106. The summed E-state index contributed by atoms with van der Waals surface area (Å²) in [5.41, 5.74) is 6.45. The zero-order valence-electron chi connectivity index (χ0n) is 10.2. The minimum atomic E-state index is -1.08. The smallest absolute Gasteiger partial charge is 0.130 e. The predicted molar refractivity (Wildman–Crippen MR) is 71.1 cm³/mol. The maximum Gasteiger partial charge on any atom is 0.130 e. The zero-order valence-corrected chi connectivity index (χ0v) is 11.0. The molecule has 0 amide bonds. The maximum atomic E-state index is 10.7. The van der Waals surface area contributed by atoms with Crippen LogP contribution in [-0.2, 0) is 5.60 Å². The lowest BCUT2D eigenvalue weighted by Gasteiger charge is -2.25. The molecule has 17 heavy (non-hydrogen) atoms. The van der Waals surface area contributed by atoms with Crippen LogP contribution < -0.4 is 5.73 Å². The van der Waals surface area contributed by atoms with Crippen molar-refractivity contribution in [2.45, 2.75) is 26.4 Å². The number of anilines is 1. The molecule has 4 heteroatoms. The number of nitrogens with two attached hydrogens (primary N) is 1. The molecule has 0 aliphatic carbocycles. The second-order valence-corrected chi connectivity index (χ2v) is 5.66. The number of aryl methyl sites for hydroxylation is 2. The van der Waals surface area contributed by atoms with Crippen molar-refractivity contribution >= 4 is 17.2 Å². The van der Waals surface area contributed by atoms with Crippen LogP contribution in [0.25, 0.3) is 0 Å². The van der Waals surface area contributed by atoms with E-state index < -0.39 is 5.60 Å². The van der Waals surface area contributed by atoms with Gasteiger partial charge < -0.3 is 10.8 Å². The molecule has 0 aliphatic heterocycles. The van der Waals surface area contributed by atoms with E-state index in [-0.39, 0.29) is 0 Å². The maximum absolute atomic E-state index is 10.7. The van der Waals surface area contributed by atoms with Gasteiger partial charge in [-0.25, -0.2) is 4.98 Å². The normalized spacial score (nSPS) is 14.6. The number of aliphatic hydroxyl groups is 1. The first-order chi connectivity index (χ1) is 7.93. The molecule has 2 aromatic heterocycles. The van der Waals surface area contributed by atoms with Gasteiger partial charge in [-0.1, -0.05) is 0 Å². The molecule has 0 aromatic carbocycles. The summed E-state index contributed by atoms with van der Waals surface area (Å²) in [5.74, 6) is 0.390. The molecular weight excluding hydrogens is 232 g/mol. The molecule has 0 saturated carbocycles. The fourth-order valence-electron chi connectivity index (χ4n) is 2.03. The molecule has 90 valence electrons. The Labute approximate surface area is 105 Å². The predicted octanol–water partition coefficient (Wildman–Crippen LogP) is 2.60. The Morgan fingerprint density at radius 2 is 2.00 bits per heavy atom. The third-order valence-electron chi connectivity index (χ3n) is 2.90. The van der Waals surface area contributed by atoms with Gasteiger partial charge in [-0.05, 0) is 44.5 Å². The van der Waals surface area contributed by atoms with Crippen LogP contribution in [0.1, 0.15) is 27.8 Å². The highest BCUT2D eigenvalue weighted by Gasteiger charge is 2.31. The monoisotopic (exact) mass is 248 g/mol. The van der Waals surface area contributed by atoms with E-state index >= 15 is 0 Å². The number of nitrogen functional groups attached to an aromatic ring is 1. The molecule has 3 N–H and O–H groups in total. The highest BCUT2D eigenvalue weighted by molar-refractivity contribution is 7.12. The molecule has 2 aromatic rings. The van der Waals surface area contributed by atoms with Gasteiger partial charge in [-0.15, -0.1) is 11.3 Å². The molecule has 2 heterocycles. The Morgan fingerprint density at radius 3 is 2.53 bits per heavy atom. The van der Waals surface area contributed by atoms with Gasteiger partial charge >= 0.3 is 0 Å². The van der Waals surface area contributed by atoms with Crippen LogP contribution >= 0.6 is 11.3 Å². The van der Waals surface area contributed by atoms with E-state index in [0.717, 1.165) is 10.4 Å². The Balaban J connectivity index is 2.59. The van der Waals surface area contributed by atoms with Crippen molar-refractivity contribution in [3.8, 4) is 0 Å². The number of nitrogens with zero attached hydrogens (tertiary/aromatic N) is 1. The molecule has 0 bridgehead atoms. The van der Waals surface area contributed by atoms with Crippen molar-refractivity contribution in [1.29, 1.82) is 0 Å². The van der Waals surface area contributed by atoms with Crippen LogP contribution in [0.4, 0.5) is 5.82 Å². The molecule has 0 fully saturated rings. The summed E-state index contributed by atoms with van der Waals surface area (Å²) in [4.78, 5) is 6.11. The summed E-state index contributed by atoms with van der Waals surface area (Å²) in [5, 5.41) is 10.7. The van der Waals surface area contributed by atoms with Gasteiger partial charge in [0.25, 0.3) is 0 Å². The fourth-order valence-corrected chi connectivity index (χ4v) is 2.95. The summed E-state index contributed by atoms with van der Waals surface area (Å²) < 4.78 is 0. The van der Waals surface area contributed by atoms with Crippen LogP contribution in [0.2, 0.25) is 0 Å². The van der Waals surface area contributed by atoms with Crippen LogP contribution in [0.5, 0.6) is 0 Å². The highest BCUT2D eigenvalue weighted by atomic mass is 32.1. The minimum Gasteiger partial charge on any atom is -0.383 e. The average Bonchev–Trinajstić information content (AvgIpc) is 2.64. The molecule has 0 radical (unpaired) electrons. The summed E-state index contributed by atoms with van der Waals surface area (Å²) in [7, 11) is 0. The largest absolute Gasteiger partial charge is 0.383 e. The SMILES string of the molecule is Cc1ccc(C(C)(O)c2c(C)ccnc2N)s1. The van der Waals surface area contributed by atoms with Gasteiger partial charge in [0, 0.05) is 21.5 Å². The lowest BCUT2D eigenvalue weighted by Crippen LogP contribution is -2.24. The highest BCUT2D eigenvalue weighted by Crippen LogP contribution is 2.37. The third-order valence-corrected chi connectivity index (χ3v) is 4.11.